The molecule has 1 aliphatic rings. The van der Waals surface area contributed by atoms with Crippen LogP contribution in [0.5, 0.6) is 0 Å². The maximum Gasteiger partial charge on any atom is 0.296 e. The molecule has 0 amide bonds. The lowest BCUT2D eigenvalue weighted by molar-refractivity contribution is 0.312. The zero-order valence-electron chi connectivity index (χ0n) is 14.6. The van der Waals surface area contributed by atoms with Crippen LogP contribution >= 0.6 is 0 Å². The average molecular weight is 359 g/mol. The highest BCUT2D eigenvalue weighted by Gasteiger charge is 2.15. The largest absolute Gasteiger partial charge is 0.296 e. The van der Waals surface area contributed by atoms with Crippen LogP contribution in [0.3, 0.4) is 0 Å². The van der Waals surface area contributed by atoms with Gasteiger partial charge in [-0.25, -0.2) is 0 Å². The fourth-order valence-corrected chi connectivity index (χ4v) is 4.46. The minimum Gasteiger partial charge on any atom is -0.266 e. The van der Waals surface area contributed by atoms with E-state index in [9.17, 15) is 8.42 Å². The monoisotopic (exact) mass is 358 g/mol. The summed E-state index contributed by atoms with van der Waals surface area (Å²) in [4.78, 5) is 0.215. The third-order valence-corrected chi connectivity index (χ3v) is 6.26. The summed E-state index contributed by atoms with van der Waals surface area (Å²) >= 11 is 0. The Morgan fingerprint density at radius 2 is 1.56 bits per heavy atom. The maximum absolute atomic E-state index is 12.0. The maximum atomic E-state index is 12.0. The third-order valence-electron chi connectivity index (χ3n) is 4.94. The lowest BCUT2D eigenvalue weighted by Gasteiger charge is -2.22. The van der Waals surface area contributed by atoms with E-state index in [0.717, 1.165) is 12.3 Å². The standard InChI is InChI=1S/C21H26O3S/c22-25(23,21-11-5-2-6-12-21)24-17-7-8-18-13-15-20(16-14-18)19-9-3-1-4-10-19/h2,5-6,11-16,19H,1,3-4,7-10,17H2. The van der Waals surface area contributed by atoms with Crippen LogP contribution in [0.1, 0.15) is 55.6 Å². The number of benzene rings is 2. The van der Waals surface area contributed by atoms with E-state index < -0.39 is 10.1 Å². The molecule has 0 atom stereocenters. The molecular weight excluding hydrogens is 332 g/mol. The van der Waals surface area contributed by atoms with Crippen molar-refractivity contribution in [1.82, 2.24) is 0 Å². The molecule has 0 radical (unpaired) electrons. The first-order valence-electron chi connectivity index (χ1n) is 9.18. The van der Waals surface area contributed by atoms with Crippen LogP contribution in [0.2, 0.25) is 0 Å². The van der Waals surface area contributed by atoms with Crippen molar-refractivity contribution in [2.75, 3.05) is 6.61 Å². The SMILES string of the molecule is O=S(=O)(OCCCc1ccc(C2CCCCC2)cc1)c1ccccc1. The van der Waals surface area contributed by atoms with E-state index in [2.05, 4.69) is 24.3 Å². The smallest absolute Gasteiger partial charge is 0.266 e. The van der Waals surface area contributed by atoms with Gasteiger partial charge in [0, 0.05) is 0 Å². The van der Waals surface area contributed by atoms with Crippen LogP contribution in [0.15, 0.2) is 59.5 Å². The number of aryl methyl sites for hydroxylation is 1. The van der Waals surface area contributed by atoms with Gasteiger partial charge in [0.1, 0.15) is 0 Å². The molecule has 0 aromatic heterocycles. The van der Waals surface area contributed by atoms with Gasteiger partial charge >= 0.3 is 0 Å². The Hall–Kier alpha value is -1.65. The van der Waals surface area contributed by atoms with Crippen LogP contribution in [0, 0.1) is 0 Å². The highest BCUT2D eigenvalue weighted by atomic mass is 32.2. The zero-order valence-corrected chi connectivity index (χ0v) is 15.4. The summed E-state index contributed by atoms with van der Waals surface area (Å²) in [7, 11) is -3.64. The summed E-state index contributed by atoms with van der Waals surface area (Å²) in [6.45, 7) is 0.210. The predicted octanol–water partition coefficient (Wildman–Crippen LogP) is 5.07. The Balaban J connectivity index is 1.46. The van der Waals surface area contributed by atoms with Crippen LogP contribution in [-0.4, -0.2) is 15.0 Å². The molecule has 3 rings (SSSR count). The van der Waals surface area contributed by atoms with Gasteiger partial charge in [0.15, 0.2) is 0 Å². The predicted molar refractivity (Wildman–Crippen MR) is 100 cm³/mol. The number of hydrogen-bond acceptors (Lipinski definition) is 3. The van der Waals surface area contributed by atoms with E-state index in [0.29, 0.717) is 6.42 Å². The normalized spacial score (nSPS) is 16.0. The van der Waals surface area contributed by atoms with Gasteiger partial charge in [-0.3, -0.25) is 4.18 Å². The Labute approximate surface area is 151 Å². The number of hydrogen-bond donors (Lipinski definition) is 0. The molecule has 2 aromatic rings. The van der Waals surface area contributed by atoms with E-state index in [1.54, 1.807) is 30.3 Å². The van der Waals surface area contributed by atoms with Crippen molar-refractivity contribution in [3.63, 3.8) is 0 Å². The van der Waals surface area contributed by atoms with Crippen LogP contribution in [-0.2, 0) is 20.7 Å². The molecule has 0 saturated heterocycles. The van der Waals surface area contributed by atoms with Crippen molar-refractivity contribution in [2.24, 2.45) is 0 Å². The first kappa shape index (κ1) is 18.2. The minimum absolute atomic E-state index is 0.210. The fraction of sp³-hybridized carbons (Fsp3) is 0.429. The molecule has 134 valence electrons. The zero-order chi connectivity index (χ0) is 17.5. The summed E-state index contributed by atoms with van der Waals surface area (Å²) in [5, 5.41) is 0. The Kier molecular flexibility index (Phi) is 6.27. The van der Waals surface area contributed by atoms with E-state index in [4.69, 9.17) is 4.18 Å². The second-order valence-electron chi connectivity index (χ2n) is 6.77. The van der Waals surface area contributed by atoms with Gasteiger partial charge in [-0.2, -0.15) is 8.42 Å². The van der Waals surface area contributed by atoms with Gasteiger partial charge in [-0.1, -0.05) is 61.7 Å². The Bertz CT molecular complexity index is 745. The molecule has 1 aliphatic carbocycles. The van der Waals surface area contributed by atoms with Crippen LogP contribution in [0.4, 0.5) is 0 Å². The first-order chi connectivity index (χ1) is 12.1. The molecule has 0 aliphatic heterocycles. The molecular formula is C21H26O3S. The highest BCUT2D eigenvalue weighted by Crippen LogP contribution is 2.32. The molecule has 2 aromatic carbocycles. The second kappa shape index (κ2) is 8.63. The molecule has 1 fully saturated rings. The van der Waals surface area contributed by atoms with Crippen LogP contribution < -0.4 is 0 Å². The highest BCUT2D eigenvalue weighted by molar-refractivity contribution is 7.86. The number of rotatable bonds is 7. The molecule has 3 nitrogen and oxygen atoms in total. The fourth-order valence-electron chi connectivity index (χ4n) is 3.49. The van der Waals surface area contributed by atoms with Crippen molar-refractivity contribution < 1.29 is 12.6 Å². The Morgan fingerprint density at radius 1 is 0.880 bits per heavy atom. The third kappa shape index (κ3) is 5.16. The van der Waals surface area contributed by atoms with Gasteiger partial charge in [0.05, 0.1) is 11.5 Å². The summed E-state index contributed by atoms with van der Waals surface area (Å²) < 4.78 is 29.2. The van der Waals surface area contributed by atoms with Crippen molar-refractivity contribution >= 4 is 10.1 Å². The minimum atomic E-state index is -3.64. The van der Waals surface area contributed by atoms with Crippen LogP contribution in [0.25, 0.3) is 0 Å². The van der Waals surface area contributed by atoms with Gasteiger partial charge in [-0.05, 0) is 54.9 Å². The summed E-state index contributed by atoms with van der Waals surface area (Å²) in [6.07, 6.45) is 8.21. The summed E-state index contributed by atoms with van der Waals surface area (Å²) in [5.41, 5.74) is 2.69. The summed E-state index contributed by atoms with van der Waals surface area (Å²) in [5.74, 6) is 0.724. The molecule has 0 spiro atoms. The molecule has 4 heteroatoms. The van der Waals surface area contributed by atoms with Crippen molar-refractivity contribution in [3.05, 3.63) is 65.7 Å². The molecule has 0 unspecified atom stereocenters. The molecule has 0 bridgehead atoms. The summed E-state index contributed by atoms with van der Waals surface area (Å²) in [6, 6.07) is 17.1. The topological polar surface area (TPSA) is 43.4 Å². The van der Waals surface area contributed by atoms with Gasteiger partial charge in [0.25, 0.3) is 10.1 Å². The quantitative estimate of drug-likeness (QED) is 0.512. The van der Waals surface area contributed by atoms with Crippen molar-refractivity contribution in [2.45, 2.75) is 55.8 Å². The lowest BCUT2D eigenvalue weighted by atomic mass is 9.84. The van der Waals surface area contributed by atoms with E-state index in [1.165, 1.54) is 43.2 Å². The second-order valence-corrected chi connectivity index (χ2v) is 8.38. The first-order valence-corrected chi connectivity index (χ1v) is 10.6. The van der Waals surface area contributed by atoms with E-state index in [1.807, 2.05) is 0 Å². The van der Waals surface area contributed by atoms with E-state index >= 15 is 0 Å². The van der Waals surface area contributed by atoms with E-state index in [-0.39, 0.29) is 11.5 Å². The Morgan fingerprint density at radius 3 is 2.24 bits per heavy atom. The van der Waals surface area contributed by atoms with Gasteiger partial charge in [-0.15, -0.1) is 0 Å². The van der Waals surface area contributed by atoms with Crippen molar-refractivity contribution in [3.8, 4) is 0 Å². The van der Waals surface area contributed by atoms with Gasteiger partial charge in [0.2, 0.25) is 0 Å². The average Bonchev–Trinajstić information content (AvgIpc) is 2.67. The molecule has 25 heavy (non-hydrogen) atoms. The molecule has 1 saturated carbocycles. The molecule has 0 N–H and O–H groups in total. The molecule has 0 heterocycles. The lowest BCUT2D eigenvalue weighted by Crippen LogP contribution is -2.08. The van der Waals surface area contributed by atoms with Crippen molar-refractivity contribution in [1.29, 1.82) is 0 Å². The van der Waals surface area contributed by atoms with Gasteiger partial charge < -0.3 is 0 Å².